The van der Waals surface area contributed by atoms with Crippen molar-refractivity contribution < 1.29 is 18.3 Å². The first-order chi connectivity index (χ1) is 9.48. The van der Waals surface area contributed by atoms with Crippen LogP contribution in [0.2, 0.25) is 0 Å². The van der Waals surface area contributed by atoms with Gasteiger partial charge in [-0.05, 0) is 25.2 Å². The molecule has 0 atom stereocenters. The first-order valence-corrected chi connectivity index (χ1v) is 7.53. The second-order valence-corrected chi connectivity index (χ2v) is 5.87. The average molecular weight is 296 g/mol. The minimum Gasteiger partial charge on any atom is -0.384 e. The number of aliphatic hydroxyl groups is 1. The van der Waals surface area contributed by atoms with Crippen molar-refractivity contribution in [2.24, 2.45) is 0 Å². The molecule has 7 heteroatoms. The molecule has 0 bridgehead atoms. The highest BCUT2D eigenvalue weighted by atomic mass is 32.2. The summed E-state index contributed by atoms with van der Waals surface area (Å²) in [4.78, 5) is 11.8. The van der Waals surface area contributed by atoms with Crippen LogP contribution in [-0.4, -0.2) is 45.4 Å². The van der Waals surface area contributed by atoms with Gasteiger partial charge < -0.3 is 10.4 Å². The first-order valence-electron chi connectivity index (χ1n) is 5.87. The van der Waals surface area contributed by atoms with Gasteiger partial charge in [-0.25, -0.2) is 13.1 Å². The molecule has 108 valence electrons. The molecule has 0 saturated heterocycles. The molecule has 0 aliphatic rings. The highest BCUT2D eigenvalue weighted by Gasteiger charge is 2.09. The van der Waals surface area contributed by atoms with Gasteiger partial charge in [-0.1, -0.05) is 17.9 Å². The Kier molecular flexibility index (Phi) is 6.18. The summed E-state index contributed by atoms with van der Waals surface area (Å²) in [6.07, 6.45) is 0. The molecular weight excluding hydrogens is 280 g/mol. The number of rotatable bonds is 5. The monoisotopic (exact) mass is 296 g/mol. The first kappa shape index (κ1) is 16.2. The zero-order valence-corrected chi connectivity index (χ0v) is 11.8. The van der Waals surface area contributed by atoms with Crippen molar-refractivity contribution in [3.8, 4) is 11.8 Å². The van der Waals surface area contributed by atoms with Crippen LogP contribution in [0, 0.1) is 11.8 Å². The van der Waals surface area contributed by atoms with Crippen molar-refractivity contribution in [2.75, 3.05) is 26.0 Å². The van der Waals surface area contributed by atoms with Crippen molar-refractivity contribution in [1.82, 2.24) is 10.0 Å². The number of nitrogens with one attached hydrogen (secondary N) is 2. The fourth-order valence-corrected chi connectivity index (χ4v) is 1.96. The number of aliphatic hydroxyl groups excluding tert-OH is 1. The number of hydrogen-bond acceptors (Lipinski definition) is 4. The number of benzene rings is 1. The maximum atomic E-state index is 11.8. The number of carbonyl (C=O) groups excluding carboxylic acids is 1. The lowest BCUT2D eigenvalue weighted by Crippen LogP contribution is -2.32. The van der Waals surface area contributed by atoms with Crippen LogP contribution < -0.4 is 10.0 Å². The fraction of sp³-hybridized carbons (Fsp3) is 0.308. The molecule has 0 radical (unpaired) electrons. The lowest BCUT2D eigenvalue weighted by atomic mass is 10.1. The molecule has 1 aromatic rings. The van der Waals surface area contributed by atoms with Gasteiger partial charge in [-0.15, -0.1) is 0 Å². The van der Waals surface area contributed by atoms with Gasteiger partial charge in [0.1, 0.15) is 6.61 Å². The normalized spacial score (nSPS) is 10.5. The molecule has 20 heavy (non-hydrogen) atoms. The predicted molar refractivity (Wildman–Crippen MR) is 75.6 cm³/mol. The van der Waals surface area contributed by atoms with Crippen LogP contribution in [-0.2, 0) is 10.0 Å². The van der Waals surface area contributed by atoms with Gasteiger partial charge in [0.25, 0.3) is 5.91 Å². The summed E-state index contributed by atoms with van der Waals surface area (Å²) in [6.45, 7) is -0.229. The van der Waals surface area contributed by atoms with Gasteiger partial charge in [-0.2, -0.15) is 0 Å². The molecule has 1 amide bonds. The third-order valence-electron chi connectivity index (χ3n) is 2.40. The maximum absolute atomic E-state index is 11.8. The van der Waals surface area contributed by atoms with Gasteiger partial charge in [-0.3, -0.25) is 4.79 Å². The Labute approximate surface area is 118 Å². The molecule has 3 N–H and O–H groups in total. The Bertz CT molecular complexity index is 629. The third-order valence-corrected chi connectivity index (χ3v) is 3.77. The largest absolute Gasteiger partial charge is 0.384 e. The quantitative estimate of drug-likeness (QED) is 0.627. The Hall–Kier alpha value is -1.88. The van der Waals surface area contributed by atoms with Crippen molar-refractivity contribution in [3.05, 3.63) is 35.4 Å². The molecule has 1 aromatic carbocycles. The zero-order chi connectivity index (χ0) is 15.0. The van der Waals surface area contributed by atoms with Crippen molar-refractivity contribution in [2.45, 2.75) is 0 Å². The van der Waals surface area contributed by atoms with E-state index in [0.29, 0.717) is 11.1 Å². The van der Waals surface area contributed by atoms with Gasteiger partial charge >= 0.3 is 0 Å². The second kappa shape index (κ2) is 7.65. The van der Waals surface area contributed by atoms with E-state index in [9.17, 15) is 13.2 Å². The van der Waals surface area contributed by atoms with Crippen LogP contribution in [0.4, 0.5) is 0 Å². The maximum Gasteiger partial charge on any atom is 0.251 e. The van der Waals surface area contributed by atoms with Crippen molar-refractivity contribution in [3.63, 3.8) is 0 Å². The molecule has 0 saturated carbocycles. The molecule has 0 spiro atoms. The summed E-state index contributed by atoms with van der Waals surface area (Å²) in [5.74, 6) is 4.63. The summed E-state index contributed by atoms with van der Waals surface area (Å²) in [5, 5.41) is 11.1. The molecular formula is C13H16N2O4S. The van der Waals surface area contributed by atoms with E-state index < -0.39 is 10.0 Å². The average Bonchev–Trinajstić information content (AvgIpc) is 2.45. The third kappa shape index (κ3) is 5.40. The lowest BCUT2D eigenvalue weighted by molar-refractivity contribution is 0.0956. The zero-order valence-electron chi connectivity index (χ0n) is 11.0. The molecule has 0 heterocycles. The van der Waals surface area contributed by atoms with Crippen molar-refractivity contribution >= 4 is 15.9 Å². The van der Waals surface area contributed by atoms with E-state index in [0.717, 1.165) is 0 Å². The molecule has 0 unspecified atom stereocenters. The lowest BCUT2D eigenvalue weighted by Gasteiger charge is -2.06. The Morgan fingerprint density at radius 2 is 2.15 bits per heavy atom. The molecule has 0 aromatic heterocycles. The van der Waals surface area contributed by atoms with Gasteiger partial charge in [0, 0.05) is 17.7 Å². The Balaban J connectivity index is 2.64. The fourth-order valence-electron chi connectivity index (χ4n) is 1.38. The SMILES string of the molecule is CNS(=O)(=O)CCNC(=O)c1cccc(C#CCO)c1. The van der Waals surface area contributed by atoms with E-state index in [2.05, 4.69) is 21.9 Å². The van der Waals surface area contributed by atoms with E-state index in [1.165, 1.54) is 7.05 Å². The summed E-state index contributed by atoms with van der Waals surface area (Å²) in [5.41, 5.74) is 0.992. The summed E-state index contributed by atoms with van der Waals surface area (Å²) in [6, 6.07) is 6.56. The smallest absolute Gasteiger partial charge is 0.251 e. The van der Waals surface area contributed by atoms with Gasteiger partial charge in [0.15, 0.2) is 0 Å². The van der Waals surface area contributed by atoms with E-state index in [-0.39, 0.29) is 24.8 Å². The van der Waals surface area contributed by atoms with Crippen LogP contribution in [0.25, 0.3) is 0 Å². The molecule has 6 nitrogen and oxygen atoms in total. The van der Waals surface area contributed by atoms with Crippen LogP contribution in [0.5, 0.6) is 0 Å². The standard InChI is InChI=1S/C13H16N2O4S/c1-14-20(18,19)9-7-15-13(17)12-6-2-4-11(10-12)5-3-8-16/h2,4,6,10,14,16H,7-9H2,1H3,(H,15,17). The number of carbonyl (C=O) groups is 1. The van der Waals surface area contributed by atoms with E-state index in [1.807, 2.05) is 0 Å². The molecule has 0 aliphatic heterocycles. The number of sulfonamides is 1. The number of amides is 1. The summed E-state index contributed by atoms with van der Waals surface area (Å²) < 4.78 is 24.5. The van der Waals surface area contributed by atoms with E-state index in [1.54, 1.807) is 24.3 Å². The topological polar surface area (TPSA) is 95.5 Å². The second-order valence-electron chi connectivity index (χ2n) is 3.82. The van der Waals surface area contributed by atoms with E-state index in [4.69, 9.17) is 5.11 Å². The summed E-state index contributed by atoms with van der Waals surface area (Å²) in [7, 11) is -2.01. The van der Waals surface area contributed by atoms with E-state index >= 15 is 0 Å². The Morgan fingerprint density at radius 3 is 2.80 bits per heavy atom. The predicted octanol–water partition coefficient (Wildman–Crippen LogP) is -0.691. The van der Waals surface area contributed by atoms with Crippen LogP contribution in [0.1, 0.15) is 15.9 Å². The highest BCUT2D eigenvalue weighted by Crippen LogP contribution is 2.04. The number of hydrogen-bond donors (Lipinski definition) is 3. The Morgan fingerprint density at radius 1 is 1.40 bits per heavy atom. The molecule has 0 aliphatic carbocycles. The van der Waals surface area contributed by atoms with Crippen LogP contribution in [0.15, 0.2) is 24.3 Å². The molecule has 1 rings (SSSR count). The van der Waals surface area contributed by atoms with Gasteiger partial charge in [0.05, 0.1) is 5.75 Å². The highest BCUT2D eigenvalue weighted by molar-refractivity contribution is 7.89. The minimum absolute atomic E-state index is 0.0224. The molecule has 0 fully saturated rings. The van der Waals surface area contributed by atoms with Crippen LogP contribution in [0.3, 0.4) is 0 Å². The van der Waals surface area contributed by atoms with Crippen molar-refractivity contribution in [1.29, 1.82) is 0 Å². The van der Waals surface area contributed by atoms with Crippen LogP contribution >= 0.6 is 0 Å². The van der Waals surface area contributed by atoms with Gasteiger partial charge in [0.2, 0.25) is 10.0 Å². The minimum atomic E-state index is -3.33. The summed E-state index contributed by atoms with van der Waals surface area (Å²) >= 11 is 0.